The highest BCUT2D eigenvalue weighted by atomic mass is 16.4. The van der Waals surface area contributed by atoms with Gasteiger partial charge in [0.15, 0.2) is 0 Å². The Morgan fingerprint density at radius 3 is 2.67 bits per heavy atom. The van der Waals surface area contributed by atoms with Gasteiger partial charge in [-0.15, -0.1) is 0 Å². The predicted octanol–water partition coefficient (Wildman–Crippen LogP) is 3.08. The van der Waals surface area contributed by atoms with Crippen molar-refractivity contribution in [1.29, 1.82) is 0 Å². The van der Waals surface area contributed by atoms with Crippen molar-refractivity contribution in [3.8, 4) is 0 Å². The lowest BCUT2D eigenvalue weighted by atomic mass is 10.1. The molecule has 0 saturated heterocycles. The Balaban J connectivity index is 2.56. The molecule has 1 aromatic carbocycles. The summed E-state index contributed by atoms with van der Waals surface area (Å²) in [5.74, 6) is -0.797. The average molecular weight is 246 g/mol. The molecule has 0 amide bonds. The first-order chi connectivity index (χ1) is 8.54. The zero-order valence-corrected chi connectivity index (χ0v) is 11.0. The summed E-state index contributed by atoms with van der Waals surface area (Å²) in [6.07, 6.45) is 3.09. The Morgan fingerprint density at radius 1 is 1.39 bits per heavy atom. The van der Waals surface area contributed by atoms with E-state index in [0.717, 1.165) is 23.0 Å². The maximum atomic E-state index is 11.3. The number of carboxylic acid groups (broad SMARTS) is 1. The number of imidazole rings is 1. The van der Waals surface area contributed by atoms with E-state index in [1.165, 1.54) is 5.56 Å². The van der Waals surface area contributed by atoms with E-state index in [1.54, 1.807) is 10.9 Å². The number of rotatable bonds is 4. The lowest BCUT2D eigenvalue weighted by Crippen LogP contribution is -2.18. The molecule has 2 aromatic rings. The molecule has 0 saturated carbocycles. The predicted molar refractivity (Wildman–Crippen MR) is 70.8 cm³/mol. The van der Waals surface area contributed by atoms with Gasteiger partial charge in [-0.2, -0.15) is 0 Å². The minimum Gasteiger partial charge on any atom is -0.480 e. The lowest BCUT2D eigenvalue weighted by Gasteiger charge is -2.14. The van der Waals surface area contributed by atoms with E-state index < -0.39 is 12.0 Å². The molecule has 18 heavy (non-hydrogen) atoms. The van der Waals surface area contributed by atoms with E-state index in [0.29, 0.717) is 6.42 Å². The third-order valence-electron chi connectivity index (χ3n) is 3.37. The number of aliphatic carboxylic acids is 1. The van der Waals surface area contributed by atoms with Gasteiger partial charge in [0, 0.05) is 0 Å². The molecule has 4 heteroatoms. The first-order valence-electron chi connectivity index (χ1n) is 6.21. The smallest absolute Gasteiger partial charge is 0.326 e. The molecule has 1 atom stereocenters. The Kier molecular flexibility index (Phi) is 3.36. The second-order valence-electron chi connectivity index (χ2n) is 4.72. The maximum absolute atomic E-state index is 11.3. The molecule has 96 valence electrons. The second kappa shape index (κ2) is 4.80. The molecule has 2 rings (SSSR count). The molecule has 0 aliphatic rings. The first kappa shape index (κ1) is 12.6. The standard InChI is InChI=1S/C14H18N2O2/c1-4-5-12(14(17)18)16-8-15-11-6-9(2)10(3)7-13(11)16/h6-8,12H,4-5H2,1-3H3,(H,17,18). The minimum absolute atomic E-state index is 0.526. The van der Waals surface area contributed by atoms with Gasteiger partial charge >= 0.3 is 5.97 Å². The Labute approximate surface area is 106 Å². The molecule has 1 unspecified atom stereocenters. The number of hydrogen-bond acceptors (Lipinski definition) is 2. The van der Waals surface area contributed by atoms with Crippen molar-refractivity contribution in [3.63, 3.8) is 0 Å². The topological polar surface area (TPSA) is 55.1 Å². The normalized spacial score (nSPS) is 12.8. The summed E-state index contributed by atoms with van der Waals surface area (Å²) in [5.41, 5.74) is 4.10. The van der Waals surface area contributed by atoms with Gasteiger partial charge in [0.25, 0.3) is 0 Å². The maximum Gasteiger partial charge on any atom is 0.326 e. The number of benzene rings is 1. The summed E-state index contributed by atoms with van der Waals surface area (Å²) >= 11 is 0. The highest BCUT2D eigenvalue weighted by molar-refractivity contribution is 5.81. The largest absolute Gasteiger partial charge is 0.480 e. The third kappa shape index (κ3) is 2.10. The number of carbonyl (C=O) groups is 1. The van der Waals surface area contributed by atoms with Gasteiger partial charge in [-0.25, -0.2) is 9.78 Å². The van der Waals surface area contributed by atoms with Crippen molar-refractivity contribution < 1.29 is 9.90 Å². The molecule has 0 aliphatic carbocycles. The molecule has 1 N–H and O–H groups in total. The summed E-state index contributed by atoms with van der Waals surface area (Å²) in [4.78, 5) is 15.6. The van der Waals surface area contributed by atoms with Crippen molar-refractivity contribution in [2.45, 2.75) is 39.7 Å². The van der Waals surface area contributed by atoms with Crippen LogP contribution in [0.3, 0.4) is 0 Å². The highest BCUT2D eigenvalue weighted by Gasteiger charge is 2.20. The monoisotopic (exact) mass is 246 g/mol. The van der Waals surface area contributed by atoms with E-state index in [4.69, 9.17) is 0 Å². The van der Waals surface area contributed by atoms with Gasteiger partial charge in [0.1, 0.15) is 6.04 Å². The Bertz CT molecular complexity index is 587. The molecule has 0 fully saturated rings. The molecular formula is C14H18N2O2. The average Bonchev–Trinajstić information content (AvgIpc) is 2.69. The Hall–Kier alpha value is -1.84. The number of aromatic nitrogens is 2. The summed E-state index contributed by atoms with van der Waals surface area (Å²) in [6, 6.07) is 3.50. The van der Waals surface area contributed by atoms with Crippen LogP contribution in [0.2, 0.25) is 0 Å². The fraction of sp³-hybridized carbons (Fsp3) is 0.429. The van der Waals surface area contributed by atoms with Crippen molar-refractivity contribution in [2.24, 2.45) is 0 Å². The molecule has 1 heterocycles. The van der Waals surface area contributed by atoms with Crippen LogP contribution in [-0.2, 0) is 4.79 Å². The highest BCUT2D eigenvalue weighted by Crippen LogP contribution is 2.24. The van der Waals surface area contributed by atoms with Gasteiger partial charge in [-0.05, 0) is 43.5 Å². The van der Waals surface area contributed by atoms with Crippen molar-refractivity contribution in [1.82, 2.24) is 9.55 Å². The van der Waals surface area contributed by atoms with Crippen LogP contribution in [0.5, 0.6) is 0 Å². The van der Waals surface area contributed by atoms with E-state index in [2.05, 4.69) is 4.98 Å². The fourth-order valence-electron chi connectivity index (χ4n) is 2.19. The quantitative estimate of drug-likeness (QED) is 0.902. The minimum atomic E-state index is -0.797. The second-order valence-corrected chi connectivity index (χ2v) is 4.72. The number of hydrogen-bond donors (Lipinski definition) is 1. The van der Waals surface area contributed by atoms with Crippen LogP contribution in [0.1, 0.15) is 36.9 Å². The molecule has 0 radical (unpaired) electrons. The number of carboxylic acids is 1. The molecule has 0 bridgehead atoms. The first-order valence-corrected chi connectivity index (χ1v) is 6.21. The summed E-state index contributed by atoms with van der Waals surface area (Å²) < 4.78 is 1.77. The van der Waals surface area contributed by atoms with Crippen LogP contribution in [-0.4, -0.2) is 20.6 Å². The van der Waals surface area contributed by atoms with Gasteiger partial charge in [-0.3, -0.25) is 0 Å². The van der Waals surface area contributed by atoms with Crippen LogP contribution < -0.4 is 0 Å². The van der Waals surface area contributed by atoms with Crippen molar-refractivity contribution in [2.75, 3.05) is 0 Å². The fourth-order valence-corrected chi connectivity index (χ4v) is 2.19. The summed E-state index contributed by atoms with van der Waals surface area (Å²) in [5, 5.41) is 9.31. The van der Waals surface area contributed by atoms with Crippen LogP contribution in [0.15, 0.2) is 18.5 Å². The van der Waals surface area contributed by atoms with E-state index in [1.807, 2.05) is 32.9 Å². The van der Waals surface area contributed by atoms with Gasteiger partial charge in [0.05, 0.1) is 17.4 Å². The van der Waals surface area contributed by atoms with Crippen LogP contribution in [0.4, 0.5) is 0 Å². The molecular weight excluding hydrogens is 228 g/mol. The van der Waals surface area contributed by atoms with E-state index in [9.17, 15) is 9.90 Å². The number of nitrogens with zero attached hydrogens (tertiary/aromatic N) is 2. The van der Waals surface area contributed by atoms with Crippen molar-refractivity contribution in [3.05, 3.63) is 29.6 Å². The van der Waals surface area contributed by atoms with Crippen LogP contribution in [0.25, 0.3) is 11.0 Å². The summed E-state index contributed by atoms with van der Waals surface area (Å²) in [7, 11) is 0. The van der Waals surface area contributed by atoms with Crippen molar-refractivity contribution >= 4 is 17.0 Å². The van der Waals surface area contributed by atoms with Crippen LogP contribution >= 0.6 is 0 Å². The SMILES string of the molecule is CCCC(C(=O)O)n1cnc2cc(C)c(C)cc21. The van der Waals surface area contributed by atoms with E-state index >= 15 is 0 Å². The van der Waals surface area contributed by atoms with Gasteiger partial charge in [-0.1, -0.05) is 13.3 Å². The number of fused-ring (bicyclic) bond motifs is 1. The number of aryl methyl sites for hydroxylation is 2. The van der Waals surface area contributed by atoms with E-state index in [-0.39, 0.29) is 0 Å². The molecule has 0 aliphatic heterocycles. The van der Waals surface area contributed by atoms with Gasteiger partial charge < -0.3 is 9.67 Å². The zero-order chi connectivity index (χ0) is 13.3. The third-order valence-corrected chi connectivity index (χ3v) is 3.37. The van der Waals surface area contributed by atoms with Crippen LogP contribution in [0, 0.1) is 13.8 Å². The van der Waals surface area contributed by atoms with Gasteiger partial charge in [0.2, 0.25) is 0 Å². The molecule has 4 nitrogen and oxygen atoms in total. The zero-order valence-electron chi connectivity index (χ0n) is 11.0. The lowest BCUT2D eigenvalue weighted by molar-refractivity contribution is -0.141. The molecule has 0 spiro atoms. The summed E-state index contributed by atoms with van der Waals surface area (Å²) in [6.45, 7) is 6.06. The molecule has 1 aromatic heterocycles. The Morgan fingerprint density at radius 2 is 2.06 bits per heavy atom.